The Balaban J connectivity index is 1.32. The molecule has 0 bridgehead atoms. The molecular weight excluding hydrogens is 485 g/mol. The number of hydrogen-bond acceptors (Lipinski definition) is 6. The fourth-order valence-electron chi connectivity index (χ4n) is 4.09. The molecule has 12 heteroatoms. The number of para-hydroxylation sites is 1. The van der Waals surface area contributed by atoms with Gasteiger partial charge < -0.3 is 20.4 Å². The smallest absolute Gasteiger partial charge is 0.352 e. The number of fused-ring (bicyclic) bond motifs is 2. The van der Waals surface area contributed by atoms with Crippen molar-refractivity contribution in [3.8, 4) is 0 Å². The second kappa shape index (κ2) is 8.73. The highest BCUT2D eigenvalue weighted by molar-refractivity contribution is 6.34. The molecule has 2 amide bonds. The van der Waals surface area contributed by atoms with Gasteiger partial charge in [0.05, 0.1) is 33.1 Å². The quantitative estimate of drug-likeness (QED) is 0.539. The van der Waals surface area contributed by atoms with Crippen LogP contribution in [0.15, 0.2) is 48.5 Å². The van der Waals surface area contributed by atoms with Crippen molar-refractivity contribution in [2.75, 3.05) is 41.7 Å². The third-order valence-corrected chi connectivity index (χ3v) is 6.20. The number of nitrogens with one attached hydrogen (secondary N) is 2. The van der Waals surface area contributed by atoms with E-state index in [4.69, 9.17) is 11.6 Å². The van der Waals surface area contributed by atoms with Crippen molar-refractivity contribution < 1.29 is 22.8 Å². The summed E-state index contributed by atoms with van der Waals surface area (Å²) < 4.78 is 40.0. The first kappa shape index (κ1) is 22.9. The number of amides is 2. The van der Waals surface area contributed by atoms with Crippen LogP contribution in [0.3, 0.4) is 0 Å². The summed E-state index contributed by atoms with van der Waals surface area (Å²) in [7, 11) is 0. The zero-order valence-electron chi connectivity index (χ0n) is 18.1. The van der Waals surface area contributed by atoms with E-state index in [1.165, 1.54) is 23.1 Å². The van der Waals surface area contributed by atoms with E-state index in [2.05, 4.69) is 20.8 Å². The average Bonchev–Trinajstić information content (AvgIpc) is 2.99. The van der Waals surface area contributed by atoms with Crippen LogP contribution in [0.25, 0.3) is 0 Å². The van der Waals surface area contributed by atoms with Gasteiger partial charge in [0, 0.05) is 26.2 Å². The van der Waals surface area contributed by atoms with Crippen LogP contribution >= 0.6 is 11.6 Å². The van der Waals surface area contributed by atoms with E-state index >= 15 is 0 Å². The minimum absolute atomic E-state index is 0.190. The first-order valence-corrected chi connectivity index (χ1v) is 11.1. The molecule has 3 aromatic rings. The minimum atomic E-state index is -4.62. The van der Waals surface area contributed by atoms with E-state index in [0.717, 1.165) is 6.07 Å². The molecule has 0 saturated carbocycles. The molecule has 1 fully saturated rings. The second-order valence-corrected chi connectivity index (χ2v) is 8.44. The van der Waals surface area contributed by atoms with Crippen LogP contribution in [0.2, 0.25) is 5.02 Å². The molecule has 8 nitrogen and oxygen atoms in total. The maximum absolute atomic E-state index is 13.3. The van der Waals surface area contributed by atoms with Crippen LogP contribution in [0.1, 0.15) is 26.3 Å². The number of aromatic nitrogens is 2. The lowest BCUT2D eigenvalue weighted by Crippen LogP contribution is -2.49. The molecule has 2 aliphatic heterocycles. The molecule has 3 heterocycles. The average molecular weight is 503 g/mol. The summed E-state index contributed by atoms with van der Waals surface area (Å²) >= 11 is 6.24. The summed E-state index contributed by atoms with van der Waals surface area (Å²) in [6.45, 7) is 1.01. The van der Waals surface area contributed by atoms with Gasteiger partial charge in [0.2, 0.25) is 0 Å². The van der Waals surface area contributed by atoms with Crippen LogP contribution in [-0.2, 0) is 6.18 Å². The maximum Gasteiger partial charge on any atom is 0.417 e. The van der Waals surface area contributed by atoms with Crippen molar-refractivity contribution in [3.63, 3.8) is 0 Å². The Labute approximate surface area is 202 Å². The van der Waals surface area contributed by atoms with Gasteiger partial charge in [0.1, 0.15) is 0 Å². The predicted octanol–water partition coefficient (Wildman–Crippen LogP) is 4.42. The number of hydrogen-bond donors (Lipinski definition) is 2. The number of halogens is 4. The molecule has 180 valence electrons. The van der Waals surface area contributed by atoms with E-state index in [0.29, 0.717) is 35.3 Å². The summed E-state index contributed by atoms with van der Waals surface area (Å²) in [6.07, 6.45) is -4.62. The zero-order chi connectivity index (χ0) is 24.7. The largest absolute Gasteiger partial charge is 0.417 e. The number of benzene rings is 2. The van der Waals surface area contributed by atoms with Crippen LogP contribution in [0, 0.1) is 0 Å². The third-order valence-electron chi connectivity index (χ3n) is 5.88. The fourth-order valence-corrected chi connectivity index (χ4v) is 4.31. The van der Waals surface area contributed by atoms with Crippen molar-refractivity contribution in [2.45, 2.75) is 6.18 Å². The molecule has 35 heavy (non-hydrogen) atoms. The van der Waals surface area contributed by atoms with Gasteiger partial charge in [0.15, 0.2) is 11.6 Å². The van der Waals surface area contributed by atoms with Gasteiger partial charge in [-0.15, -0.1) is 10.2 Å². The Morgan fingerprint density at radius 3 is 2.46 bits per heavy atom. The zero-order valence-corrected chi connectivity index (χ0v) is 18.8. The molecule has 2 N–H and O–H groups in total. The van der Waals surface area contributed by atoms with Gasteiger partial charge in [0.25, 0.3) is 11.8 Å². The number of rotatable bonds is 2. The summed E-state index contributed by atoms with van der Waals surface area (Å²) in [6, 6.07) is 11.4. The maximum atomic E-state index is 13.3. The lowest BCUT2D eigenvalue weighted by atomic mass is 10.1. The molecule has 0 atom stereocenters. The first-order chi connectivity index (χ1) is 16.7. The van der Waals surface area contributed by atoms with Crippen molar-refractivity contribution in [2.24, 2.45) is 0 Å². The van der Waals surface area contributed by atoms with Gasteiger partial charge in [-0.2, -0.15) is 13.2 Å². The molecule has 5 rings (SSSR count). The number of carbonyl (C=O) groups excluding carboxylic acids is 2. The molecular formula is C23H18ClF3N6O2. The van der Waals surface area contributed by atoms with Crippen molar-refractivity contribution >= 4 is 46.4 Å². The van der Waals surface area contributed by atoms with Crippen molar-refractivity contribution in [1.29, 1.82) is 0 Å². The van der Waals surface area contributed by atoms with Crippen molar-refractivity contribution in [1.82, 2.24) is 15.1 Å². The molecule has 1 aromatic heterocycles. The molecule has 0 aliphatic carbocycles. The lowest BCUT2D eigenvalue weighted by molar-refractivity contribution is -0.138. The van der Waals surface area contributed by atoms with E-state index in [9.17, 15) is 22.8 Å². The molecule has 2 aliphatic rings. The molecule has 1 saturated heterocycles. The van der Waals surface area contributed by atoms with Gasteiger partial charge in [-0.05, 0) is 30.3 Å². The normalized spacial score (nSPS) is 15.5. The highest BCUT2D eigenvalue weighted by atomic mass is 35.5. The highest BCUT2D eigenvalue weighted by Crippen LogP contribution is 2.37. The van der Waals surface area contributed by atoms with E-state index in [-0.39, 0.29) is 35.9 Å². The molecule has 0 radical (unpaired) electrons. The Bertz CT molecular complexity index is 1320. The number of carbonyl (C=O) groups is 2. The number of anilines is 4. The molecule has 0 unspecified atom stereocenters. The van der Waals surface area contributed by atoms with E-state index in [1.807, 2.05) is 4.90 Å². The second-order valence-electron chi connectivity index (χ2n) is 8.03. The third kappa shape index (κ3) is 4.34. The summed E-state index contributed by atoms with van der Waals surface area (Å²) in [5.41, 5.74) is -0.0503. The van der Waals surface area contributed by atoms with Crippen LogP contribution in [0.5, 0.6) is 0 Å². The Kier molecular flexibility index (Phi) is 5.72. The lowest BCUT2D eigenvalue weighted by Gasteiger charge is -2.35. The van der Waals surface area contributed by atoms with Gasteiger partial charge in [-0.1, -0.05) is 29.8 Å². The Morgan fingerprint density at radius 2 is 1.71 bits per heavy atom. The summed E-state index contributed by atoms with van der Waals surface area (Å²) in [5, 5.41) is 14.6. The highest BCUT2D eigenvalue weighted by Gasteiger charge is 2.36. The monoisotopic (exact) mass is 502 g/mol. The van der Waals surface area contributed by atoms with Crippen LogP contribution in [0.4, 0.5) is 36.2 Å². The van der Waals surface area contributed by atoms with Gasteiger partial charge in [-0.3, -0.25) is 9.59 Å². The Morgan fingerprint density at radius 1 is 0.971 bits per heavy atom. The molecule has 0 spiro atoms. The van der Waals surface area contributed by atoms with E-state index in [1.54, 1.807) is 24.3 Å². The van der Waals surface area contributed by atoms with Gasteiger partial charge in [-0.25, -0.2) is 0 Å². The van der Waals surface area contributed by atoms with E-state index < -0.39 is 17.6 Å². The van der Waals surface area contributed by atoms with Gasteiger partial charge >= 0.3 is 6.18 Å². The summed E-state index contributed by atoms with van der Waals surface area (Å²) in [4.78, 5) is 28.8. The number of alkyl halides is 3. The predicted molar refractivity (Wildman–Crippen MR) is 124 cm³/mol. The van der Waals surface area contributed by atoms with Crippen molar-refractivity contribution in [3.05, 3.63) is 70.2 Å². The first-order valence-electron chi connectivity index (χ1n) is 10.7. The fraction of sp³-hybridized carbons (Fsp3) is 0.217. The molecule has 2 aromatic carbocycles. The van der Waals surface area contributed by atoms with Crippen LogP contribution < -0.4 is 15.5 Å². The topological polar surface area (TPSA) is 90.5 Å². The standard InChI is InChI=1S/C23H18ClF3N6O2/c24-16-6-3-7-17-19(16)29-20-14(21(34)28-17)12-18(30-31-20)32-8-10-33(11-9-32)22(35)13-4-1-2-5-15(13)23(25,26)27/h1-7,12H,8-11H2,(H,28,34)(H,29,31). The Hall–Kier alpha value is -3.86. The minimum Gasteiger partial charge on any atom is -0.352 e. The number of nitrogens with zero attached hydrogens (tertiary/aromatic N) is 4. The van der Waals surface area contributed by atoms with Crippen LogP contribution in [-0.4, -0.2) is 53.1 Å². The summed E-state index contributed by atoms with van der Waals surface area (Å²) in [5.74, 6) is -0.401. The number of piperazine rings is 1. The SMILES string of the molecule is O=C1Nc2cccc(Cl)c2Nc2nnc(N3CCN(C(=O)c4ccccc4C(F)(F)F)CC3)cc21.